The van der Waals surface area contributed by atoms with E-state index in [4.69, 9.17) is 11.6 Å². The molecule has 0 aromatic carbocycles. The Balaban J connectivity index is 1.84. The van der Waals surface area contributed by atoms with Crippen LogP contribution in [0.25, 0.3) is 10.2 Å². The number of thioether (sulfide) groups is 1. The molecule has 0 saturated heterocycles. The van der Waals surface area contributed by atoms with Crippen molar-refractivity contribution in [2.75, 3.05) is 11.1 Å². The molecule has 0 radical (unpaired) electrons. The maximum atomic E-state index is 12.9. The highest BCUT2D eigenvalue weighted by Crippen LogP contribution is 2.28. The van der Waals surface area contributed by atoms with Crippen LogP contribution in [0.4, 0.5) is 5.82 Å². The van der Waals surface area contributed by atoms with Gasteiger partial charge in [-0.05, 0) is 31.5 Å². The van der Waals surface area contributed by atoms with Crippen LogP contribution in [0.3, 0.4) is 0 Å². The summed E-state index contributed by atoms with van der Waals surface area (Å²) in [4.78, 5) is 35.5. The number of aromatic nitrogens is 3. The van der Waals surface area contributed by atoms with Crippen molar-refractivity contribution in [3.63, 3.8) is 0 Å². The molecule has 3 rings (SSSR count). The number of halogens is 1. The predicted octanol–water partition coefficient (Wildman–Crippen LogP) is 4.04. The van der Waals surface area contributed by atoms with Gasteiger partial charge >= 0.3 is 0 Å². The van der Waals surface area contributed by atoms with Gasteiger partial charge in [0.2, 0.25) is 5.91 Å². The Labute approximate surface area is 169 Å². The largest absolute Gasteiger partial charge is 0.310 e. The summed E-state index contributed by atoms with van der Waals surface area (Å²) in [5.41, 5.74) is 0.845. The first kappa shape index (κ1) is 19.6. The summed E-state index contributed by atoms with van der Waals surface area (Å²) in [5, 5.41) is 4.32. The van der Waals surface area contributed by atoms with Crippen LogP contribution in [-0.2, 0) is 11.3 Å². The van der Waals surface area contributed by atoms with E-state index in [1.165, 1.54) is 29.3 Å². The summed E-state index contributed by atoms with van der Waals surface area (Å²) >= 11 is 8.48. The Hall–Kier alpha value is -2.16. The van der Waals surface area contributed by atoms with Crippen LogP contribution in [-0.4, -0.2) is 26.2 Å². The van der Waals surface area contributed by atoms with Crippen molar-refractivity contribution >= 4 is 56.6 Å². The van der Waals surface area contributed by atoms with Gasteiger partial charge in [0.25, 0.3) is 5.56 Å². The van der Waals surface area contributed by atoms with Gasteiger partial charge in [0, 0.05) is 17.6 Å². The number of allylic oxidation sites excluding steroid dienone is 1. The summed E-state index contributed by atoms with van der Waals surface area (Å²) in [5.74, 6) is 0.275. The molecule has 3 heterocycles. The number of amides is 1. The molecule has 0 bridgehead atoms. The molecule has 0 aliphatic heterocycles. The number of hydrogen-bond acceptors (Lipinski definition) is 6. The van der Waals surface area contributed by atoms with Crippen molar-refractivity contribution in [2.45, 2.75) is 25.5 Å². The number of rotatable bonds is 6. The van der Waals surface area contributed by atoms with Crippen molar-refractivity contribution in [3.05, 3.63) is 56.8 Å². The fourth-order valence-electron chi connectivity index (χ4n) is 2.47. The minimum atomic E-state index is -0.243. The van der Waals surface area contributed by atoms with Gasteiger partial charge < -0.3 is 5.32 Å². The third-order valence-electron chi connectivity index (χ3n) is 3.89. The lowest BCUT2D eigenvalue weighted by molar-refractivity contribution is -0.113. The topological polar surface area (TPSA) is 76.9 Å². The lowest BCUT2D eigenvalue weighted by Crippen LogP contribution is -2.23. The van der Waals surface area contributed by atoms with Gasteiger partial charge in [0.05, 0.1) is 16.2 Å². The lowest BCUT2D eigenvalue weighted by Gasteiger charge is -2.10. The van der Waals surface area contributed by atoms with Crippen molar-refractivity contribution in [1.82, 2.24) is 14.5 Å². The van der Waals surface area contributed by atoms with Crippen LogP contribution < -0.4 is 10.9 Å². The molecule has 1 amide bonds. The summed E-state index contributed by atoms with van der Waals surface area (Å²) < 4.78 is 1.55. The molecule has 0 atom stereocenters. The third kappa shape index (κ3) is 4.23. The lowest BCUT2D eigenvalue weighted by atomic mass is 10.2. The zero-order chi connectivity index (χ0) is 19.6. The van der Waals surface area contributed by atoms with Crippen LogP contribution in [0.1, 0.15) is 10.4 Å². The molecule has 0 fully saturated rings. The Kier molecular flexibility index (Phi) is 5.98. The second-order valence-corrected chi connectivity index (χ2v) is 8.34. The number of carbonyl (C=O) groups excluding carboxylic acids is 1. The van der Waals surface area contributed by atoms with Crippen molar-refractivity contribution in [1.29, 1.82) is 0 Å². The number of pyridine rings is 1. The molecule has 0 aliphatic carbocycles. The average Bonchev–Trinajstić information content (AvgIpc) is 2.92. The smallest absolute Gasteiger partial charge is 0.263 e. The number of nitrogens with one attached hydrogen (secondary N) is 1. The van der Waals surface area contributed by atoms with E-state index in [9.17, 15) is 9.59 Å². The summed E-state index contributed by atoms with van der Waals surface area (Å²) in [6, 6.07) is 3.27. The van der Waals surface area contributed by atoms with Crippen LogP contribution in [0.5, 0.6) is 0 Å². The molecule has 27 heavy (non-hydrogen) atoms. The molecule has 6 nitrogen and oxygen atoms in total. The normalized spacial score (nSPS) is 10.9. The van der Waals surface area contributed by atoms with Crippen molar-refractivity contribution in [2.24, 2.45) is 0 Å². The molecule has 0 aliphatic rings. The van der Waals surface area contributed by atoms with E-state index < -0.39 is 0 Å². The Morgan fingerprint density at radius 2 is 2.22 bits per heavy atom. The molecule has 0 spiro atoms. The number of aryl methyl sites for hydroxylation is 2. The number of anilines is 1. The van der Waals surface area contributed by atoms with Gasteiger partial charge in [0.1, 0.15) is 10.6 Å². The zero-order valence-electron chi connectivity index (χ0n) is 14.8. The molecular formula is C18H17ClN4O2S2. The predicted molar refractivity (Wildman–Crippen MR) is 112 cm³/mol. The second-order valence-electron chi connectivity index (χ2n) is 5.76. The minimum Gasteiger partial charge on any atom is -0.310 e. The zero-order valence-corrected chi connectivity index (χ0v) is 17.2. The molecule has 1 N–H and O–H groups in total. The fourth-order valence-corrected chi connectivity index (χ4v) is 4.46. The molecule has 3 aromatic heterocycles. The quantitative estimate of drug-likeness (QED) is 0.370. The van der Waals surface area contributed by atoms with Gasteiger partial charge in [-0.2, -0.15) is 0 Å². The maximum Gasteiger partial charge on any atom is 0.263 e. The molecule has 3 aromatic rings. The van der Waals surface area contributed by atoms with E-state index in [0.717, 1.165) is 10.4 Å². The van der Waals surface area contributed by atoms with Crippen molar-refractivity contribution < 1.29 is 4.79 Å². The number of nitrogens with zero attached hydrogens (tertiary/aromatic N) is 3. The van der Waals surface area contributed by atoms with Crippen LogP contribution in [0.15, 0.2) is 40.9 Å². The third-order valence-corrected chi connectivity index (χ3v) is 6.19. The van der Waals surface area contributed by atoms with Crippen LogP contribution in [0.2, 0.25) is 5.02 Å². The van der Waals surface area contributed by atoms with Crippen molar-refractivity contribution in [3.8, 4) is 0 Å². The highest BCUT2D eigenvalue weighted by molar-refractivity contribution is 7.99. The highest BCUT2D eigenvalue weighted by Gasteiger charge is 2.17. The average molecular weight is 421 g/mol. The van der Waals surface area contributed by atoms with E-state index in [0.29, 0.717) is 32.8 Å². The Bertz CT molecular complexity index is 1070. The standard InChI is InChI=1S/C18H17ClN4O2S2/c1-4-7-23-17(25)15-10(2)11(3)27-16(15)22-18(23)26-9-14(24)21-13-6-5-12(19)8-20-13/h4-6,8H,1,7,9H2,2-3H3,(H,20,21,24). The van der Waals surface area contributed by atoms with Gasteiger partial charge in [-0.25, -0.2) is 9.97 Å². The van der Waals surface area contributed by atoms with Crippen LogP contribution in [0, 0.1) is 13.8 Å². The number of fused-ring (bicyclic) bond motifs is 1. The minimum absolute atomic E-state index is 0.0999. The SMILES string of the molecule is C=CCn1c(SCC(=O)Nc2ccc(Cl)cn2)nc2sc(C)c(C)c2c1=O. The van der Waals surface area contributed by atoms with Gasteiger partial charge in [0.15, 0.2) is 5.16 Å². The number of carbonyl (C=O) groups is 1. The summed E-state index contributed by atoms with van der Waals surface area (Å²) in [6.45, 7) is 7.94. The van der Waals surface area contributed by atoms with E-state index >= 15 is 0 Å². The maximum absolute atomic E-state index is 12.9. The highest BCUT2D eigenvalue weighted by atomic mass is 35.5. The van der Waals surface area contributed by atoms with E-state index in [1.54, 1.807) is 22.8 Å². The first-order valence-corrected chi connectivity index (χ1v) is 10.2. The van der Waals surface area contributed by atoms with Gasteiger partial charge in [-0.3, -0.25) is 14.2 Å². The van der Waals surface area contributed by atoms with E-state index in [1.807, 2.05) is 13.8 Å². The van der Waals surface area contributed by atoms with Gasteiger partial charge in [-0.15, -0.1) is 17.9 Å². The fraction of sp³-hybridized carbons (Fsp3) is 0.222. The summed E-state index contributed by atoms with van der Waals surface area (Å²) in [6.07, 6.45) is 3.11. The molecule has 0 saturated carbocycles. The Morgan fingerprint density at radius 1 is 1.44 bits per heavy atom. The second kappa shape index (κ2) is 8.24. The van der Waals surface area contributed by atoms with Crippen LogP contribution >= 0.6 is 34.7 Å². The van der Waals surface area contributed by atoms with E-state index in [-0.39, 0.29) is 17.2 Å². The molecule has 0 unspecified atom stereocenters. The van der Waals surface area contributed by atoms with Gasteiger partial charge in [-0.1, -0.05) is 29.4 Å². The summed E-state index contributed by atoms with van der Waals surface area (Å²) in [7, 11) is 0. The first-order valence-electron chi connectivity index (χ1n) is 8.06. The monoisotopic (exact) mass is 420 g/mol. The van der Waals surface area contributed by atoms with E-state index in [2.05, 4.69) is 21.9 Å². The molecule has 9 heteroatoms. The molecular weight excluding hydrogens is 404 g/mol. The number of thiophene rings is 1. The Morgan fingerprint density at radius 3 is 2.89 bits per heavy atom. The first-order chi connectivity index (χ1) is 12.9. The molecule has 140 valence electrons. The number of hydrogen-bond donors (Lipinski definition) is 1.